The maximum atomic E-state index is 12.6. The number of rotatable bonds is 6. The molecule has 0 aliphatic carbocycles. The lowest BCUT2D eigenvalue weighted by Crippen LogP contribution is -2.27. The Labute approximate surface area is 148 Å². The highest BCUT2D eigenvalue weighted by atomic mass is 35.5. The van der Waals surface area contributed by atoms with Crippen LogP contribution >= 0.6 is 11.6 Å². The number of ether oxygens (including phenoxy) is 1. The summed E-state index contributed by atoms with van der Waals surface area (Å²) in [5.74, 6) is 0.771. The van der Waals surface area contributed by atoms with E-state index in [1.54, 1.807) is 0 Å². The second-order valence-corrected chi connectivity index (χ2v) is 6.03. The fraction of sp³-hybridized carbons (Fsp3) is 0.353. The third kappa shape index (κ3) is 5.24. The number of para-hydroxylation sites is 1. The second-order valence-electron chi connectivity index (χ2n) is 5.62. The molecule has 2 aromatic rings. The van der Waals surface area contributed by atoms with Crippen LogP contribution in [0.4, 0.5) is 19.0 Å². The lowest BCUT2D eigenvalue weighted by molar-refractivity contribution is -0.137. The number of hydrogen-bond donors (Lipinski definition) is 2. The summed E-state index contributed by atoms with van der Waals surface area (Å²) >= 11 is 5.80. The number of halogens is 4. The minimum atomic E-state index is -4.51. The predicted molar refractivity (Wildman–Crippen MR) is 90.2 cm³/mol. The number of aliphatic hydroxyl groups is 1. The number of pyridine rings is 1. The number of aryl methyl sites for hydroxylation is 2. The van der Waals surface area contributed by atoms with Gasteiger partial charge in [-0.1, -0.05) is 29.8 Å². The molecule has 2 rings (SSSR count). The highest BCUT2D eigenvalue weighted by molar-refractivity contribution is 6.32. The molecule has 8 heteroatoms. The number of anilines is 1. The van der Waals surface area contributed by atoms with E-state index in [0.29, 0.717) is 11.9 Å². The summed E-state index contributed by atoms with van der Waals surface area (Å²) in [5, 5.41) is 12.5. The van der Waals surface area contributed by atoms with Gasteiger partial charge in [-0.3, -0.25) is 0 Å². The Morgan fingerprint density at radius 1 is 1.28 bits per heavy atom. The molecule has 0 bridgehead atoms. The van der Waals surface area contributed by atoms with E-state index < -0.39 is 17.8 Å². The number of nitrogens with zero attached hydrogens (tertiary/aromatic N) is 1. The molecule has 2 N–H and O–H groups in total. The Hall–Kier alpha value is -1.99. The zero-order chi connectivity index (χ0) is 18.6. The van der Waals surface area contributed by atoms with Gasteiger partial charge in [0.2, 0.25) is 0 Å². The molecule has 0 saturated carbocycles. The molecule has 1 heterocycles. The third-order valence-corrected chi connectivity index (χ3v) is 3.79. The highest BCUT2D eigenvalue weighted by Crippen LogP contribution is 2.32. The van der Waals surface area contributed by atoms with Gasteiger partial charge in [0.1, 0.15) is 24.3 Å². The van der Waals surface area contributed by atoms with Gasteiger partial charge in [-0.25, -0.2) is 4.98 Å². The number of aromatic nitrogens is 1. The fourth-order valence-corrected chi connectivity index (χ4v) is 2.44. The smallest absolute Gasteiger partial charge is 0.417 e. The van der Waals surface area contributed by atoms with Gasteiger partial charge in [0.15, 0.2) is 0 Å². The van der Waals surface area contributed by atoms with E-state index in [4.69, 9.17) is 16.3 Å². The molecule has 0 fully saturated rings. The van der Waals surface area contributed by atoms with Crippen LogP contribution in [0.2, 0.25) is 5.02 Å². The number of hydrogen-bond acceptors (Lipinski definition) is 4. The van der Waals surface area contributed by atoms with Gasteiger partial charge in [-0.15, -0.1) is 0 Å². The lowest BCUT2D eigenvalue weighted by atomic mass is 10.1. The molecule has 0 spiro atoms. The zero-order valence-electron chi connectivity index (χ0n) is 13.7. The van der Waals surface area contributed by atoms with Crippen molar-refractivity contribution in [3.63, 3.8) is 0 Å². The van der Waals surface area contributed by atoms with Crippen molar-refractivity contribution in [1.82, 2.24) is 4.98 Å². The minimum absolute atomic E-state index is 0.0247. The van der Waals surface area contributed by atoms with Gasteiger partial charge in [0, 0.05) is 12.7 Å². The molecule has 1 aromatic carbocycles. The standard InChI is InChI=1S/C17H18ClF3N2O2/c1-10-4-3-5-11(2)15(10)25-9-13(24)8-23-16-14(18)6-12(7-22-16)17(19,20)21/h3-7,13,24H,8-9H2,1-2H3,(H,22,23). The van der Waals surface area contributed by atoms with Crippen molar-refractivity contribution in [2.24, 2.45) is 0 Å². The molecular weight excluding hydrogens is 357 g/mol. The Morgan fingerprint density at radius 2 is 1.92 bits per heavy atom. The largest absolute Gasteiger partial charge is 0.490 e. The van der Waals surface area contributed by atoms with Crippen molar-refractivity contribution in [2.75, 3.05) is 18.5 Å². The fourth-order valence-electron chi connectivity index (χ4n) is 2.20. The topological polar surface area (TPSA) is 54.4 Å². The average molecular weight is 375 g/mol. The summed E-state index contributed by atoms with van der Waals surface area (Å²) < 4.78 is 43.3. The summed E-state index contributed by atoms with van der Waals surface area (Å²) in [4.78, 5) is 3.65. The van der Waals surface area contributed by atoms with E-state index >= 15 is 0 Å². The Morgan fingerprint density at radius 3 is 2.48 bits per heavy atom. The lowest BCUT2D eigenvalue weighted by Gasteiger charge is -2.17. The van der Waals surface area contributed by atoms with E-state index in [0.717, 1.165) is 17.2 Å². The molecule has 0 aliphatic rings. The van der Waals surface area contributed by atoms with Gasteiger partial charge < -0.3 is 15.2 Å². The third-order valence-electron chi connectivity index (χ3n) is 3.50. The molecule has 1 aromatic heterocycles. The molecule has 0 radical (unpaired) electrons. The molecule has 25 heavy (non-hydrogen) atoms. The quantitative estimate of drug-likeness (QED) is 0.794. The van der Waals surface area contributed by atoms with Crippen molar-refractivity contribution >= 4 is 17.4 Å². The van der Waals surface area contributed by atoms with Crippen LogP contribution in [-0.4, -0.2) is 29.3 Å². The summed E-state index contributed by atoms with van der Waals surface area (Å²) in [6, 6.07) is 6.50. The van der Waals surface area contributed by atoms with Gasteiger partial charge in [0.05, 0.1) is 10.6 Å². The molecule has 4 nitrogen and oxygen atoms in total. The summed E-state index contributed by atoms with van der Waals surface area (Å²) in [5.41, 5.74) is 0.974. The first-order chi connectivity index (χ1) is 11.7. The highest BCUT2D eigenvalue weighted by Gasteiger charge is 2.31. The first-order valence-corrected chi connectivity index (χ1v) is 7.90. The van der Waals surface area contributed by atoms with Gasteiger partial charge in [-0.05, 0) is 31.0 Å². The van der Waals surface area contributed by atoms with E-state index in [-0.39, 0.29) is 24.0 Å². The van der Waals surface area contributed by atoms with Crippen LogP contribution in [0.1, 0.15) is 16.7 Å². The van der Waals surface area contributed by atoms with Gasteiger partial charge in [0.25, 0.3) is 0 Å². The monoisotopic (exact) mass is 374 g/mol. The molecule has 0 aliphatic heterocycles. The predicted octanol–water partition coefficient (Wildman–Crippen LogP) is 4.22. The van der Waals surface area contributed by atoms with E-state index in [1.807, 2.05) is 32.0 Å². The molecular formula is C17H18ClF3N2O2. The molecule has 0 amide bonds. The average Bonchev–Trinajstić information content (AvgIpc) is 2.52. The Bertz CT molecular complexity index is 718. The van der Waals surface area contributed by atoms with Crippen molar-refractivity contribution in [1.29, 1.82) is 0 Å². The van der Waals surface area contributed by atoms with E-state index in [9.17, 15) is 18.3 Å². The maximum Gasteiger partial charge on any atom is 0.417 e. The first-order valence-electron chi connectivity index (χ1n) is 7.52. The number of nitrogens with one attached hydrogen (secondary N) is 1. The van der Waals surface area contributed by atoms with Crippen molar-refractivity contribution in [3.05, 3.63) is 52.2 Å². The molecule has 0 saturated heterocycles. The van der Waals surface area contributed by atoms with Crippen molar-refractivity contribution in [2.45, 2.75) is 26.1 Å². The first kappa shape index (κ1) is 19.3. The zero-order valence-corrected chi connectivity index (χ0v) is 14.4. The van der Waals surface area contributed by atoms with Crippen LogP contribution < -0.4 is 10.1 Å². The molecule has 1 atom stereocenters. The Balaban J connectivity index is 1.91. The van der Waals surface area contributed by atoms with Crippen molar-refractivity contribution in [3.8, 4) is 5.75 Å². The second kappa shape index (κ2) is 7.93. The van der Waals surface area contributed by atoms with E-state index in [2.05, 4.69) is 10.3 Å². The maximum absolute atomic E-state index is 12.6. The van der Waals surface area contributed by atoms with Crippen LogP contribution in [0.25, 0.3) is 0 Å². The van der Waals surface area contributed by atoms with Crippen molar-refractivity contribution < 1.29 is 23.0 Å². The summed E-state index contributed by atoms with van der Waals surface area (Å²) in [6.07, 6.45) is -4.71. The van der Waals surface area contributed by atoms with Crippen LogP contribution in [0.15, 0.2) is 30.5 Å². The van der Waals surface area contributed by atoms with Crippen LogP contribution in [0.3, 0.4) is 0 Å². The SMILES string of the molecule is Cc1cccc(C)c1OCC(O)CNc1ncc(C(F)(F)F)cc1Cl. The normalized spacial score (nSPS) is 12.8. The Kier molecular flexibility index (Phi) is 6.13. The molecule has 1 unspecified atom stereocenters. The summed E-state index contributed by atoms with van der Waals surface area (Å²) in [6.45, 7) is 3.86. The van der Waals surface area contributed by atoms with Gasteiger partial charge in [-0.2, -0.15) is 13.2 Å². The number of alkyl halides is 3. The van der Waals surface area contributed by atoms with Crippen LogP contribution in [0, 0.1) is 13.8 Å². The summed E-state index contributed by atoms with van der Waals surface area (Å²) in [7, 11) is 0. The molecule has 136 valence electrons. The van der Waals surface area contributed by atoms with E-state index in [1.165, 1.54) is 0 Å². The minimum Gasteiger partial charge on any atom is -0.490 e. The van der Waals surface area contributed by atoms with Crippen LogP contribution in [-0.2, 0) is 6.18 Å². The van der Waals surface area contributed by atoms with Crippen LogP contribution in [0.5, 0.6) is 5.75 Å². The number of benzene rings is 1. The van der Waals surface area contributed by atoms with Gasteiger partial charge >= 0.3 is 6.18 Å². The number of aliphatic hydroxyl groups excluding tert-OH is 1.